The van der Waals surface area contributed by atoms with Crippen LogP contribution in [0.1, 0.15) is 18.2 Å². The lowest BCUT2D eigenvalue weighted by atomic mass is 10.1. The topological polar surface area (TPSA) is 55.9 Å². The van der Waals surface area contributed by atoms with Crippen LogP contribution in [0.4, 0.5) is 0 Å². The van der Waals surface area contributed by atoms with Crippen molar-refractivity contribution >= 4 is 27.7 Å². The molecule has 0 saturated heterocycles. The van der Waals surface area contributed by atoms with E-state index in [0.717, 1.165) is 22.3 Å². The molecule has 0 aliphatic heterocycles. The number of nitrogens with zero attached hydrogens (tertiary/aromatic N) is 2. The molecule has 80 valence electrons. The van der Waals surface area contributed by atoms with E-state index in [2.05, 4.69) is 32.7 Å². The molecule has 0 aliphatic rings. The van der Waals surface area contributed by atoms with Crippen LogP contribution < -0.4 is 11.3 Å². The van der Waals surface area contributed by atoms with Gasteiger partial charge in [-0.25, -0.2) is 0 Å². The van der Waals surface area contributed by atoms with Gasteiger partial charge in [0.2, 0.25) is 0 Å². The number of nitrogens with two attached hydrogens (primary N) is 1. The average molecular weight is 279 g/mol. The van der Waals surface area contributed by atoms with Crippen LogP contribution in [0.5, 0.6) is 0 Å². The highest BCUT2D eigenvalue weighted by Crippen LogP contribution is 2.25. The van der Waals surface area contributed by atoms with Crippen LogP contribution in [0.2, 0.25) is 0 Å². The predicted molar refractivity (Wildman–Crippen MR) is 64.0 cm³/mol. The third-order valence-corrected chi connectivity index (χ3v) is 3.33. The molecule has 1 rings (SSSR count). The minimum atomic E-state index is 0.157. The SMILES string of the molecule is CSCCC(NN)c1c(Br)cnn1C. The first kappa shape index (κ1) is 12.0. The molecular weight excluding hydrogens is 264 g/mol. The van der Waals surface area contributed by atoms with Crippen molar-refractivity contribution in [1.29, 1.82) is 0 Å². The zero-order chi connectivity index (χ0) is 10.6. The Morgan fingerprint density at radius 1 is 1.79 bits per heavy atom. The van der Waals surface area contributed by atoms with Crippen molar-refractivity contribution < 1.29 is 0 Å². The zero-order valence-corrected chi connectivity index (χ0v) is 10.7. The maximum Gasteiger partial charge on any atom is 0.0706 e. The Labute approximate surface area is 96.7 Å². The van der Waals surface area contributed by atoms with E-state index in [4.69, 9.17) is 5.84 Å². The smallest absolute Gasteiger partial charge is 0.0706 e. The van der Waals surface area contributed by atoms with Gasteiger partial charge in [-0.05, 0) is 34.4 Å². The molecule has 3 N–H and O–H groups in total. The molecule has 0 aromatic carbocycles. The van der Waals surface area contributed by atoms with Crippen LogP contribution in [-0.2, 0) is 7.05 Å². The first-order valence-electron chi connectivity index (χ1n) is 4.33. The van der Waals surface area contributed by atoms with Crippen molar-refractivity contribution in [2.75, 3.05) is 12.0 Å². The Morgan fingerprint density at radius 3 is 2.93 bits per heavy atom. The maximum absolute atomic E-state index is 5.52. The summed E-state index contributed by atoms with van der Waals surface area (Å²) in [5.41, 5.74) is 3.92. The maximum atomic E-state index is 5.52. The molecule has 0 aliphatic carbocycles. The van der Waals surface area contributed by atoms with E-state index in [-0.39, 0.29) is 6.04 Å². The van der Waals surface area contributed by atoms with Crippen LogP contribution in [0.25, 0.3) is 0 Å². The first-order chi connectivity index (χ1) is 6.70. The van der Waals surface area contributed by atoms with E-state index < -0.39 is 0 Å². The molecule has 0 amide bonds. The predicted octanol–water partition coefficient (Wildman–Crippen LogP) is 1.44. The van der Waals surface area contributed by atoms with E-state index in [1.165, 1.54) is 0 Å². The highest BCUT2D eigenvalue weighted by atomic mass is 79.9. The lowest BCUT2D eigenvalue weighted by molar-refractivity contribution is 0.499. The van der Waals surface area contributed by atoms with E-state index in [1.807, 2.05) is 23.5 Å². The van der Waals surface area contributed by atoms with Gasteiger partial charge in [-0.3, -0.25) is 16.0 Å². The Bertz CT molecular complexity index is 269. The number of nitrogens with one attached hydrogen (secondary N) is 1. The summed E-state index contributed by atoms with van der Waals surface area (Å²) in [7, 11) is 1.92. The summed E-state index contributed by atoms with van der Waals surface area (Å²) in [6.45, 7) is 0. The highest BCUT2D eigenvalue weighted by molar-refractivity contribution is 9.10. The number of aryl methyl sites for hydroxylation is 1. The molecule has 1 unspecified atom stereocenters. The van der Waals surface area contributed by atoms with Gasteiger partial charge in [0.05, 0.1) is 22.4 Å². The number of halogens is 1. The highest BCUT2D eigenvalue weighted by Gasteiger charge is 2.16. The van der Waals surface area contributed by atoms with E-state index in [1.54, 1.807) is 6.20 Å². The van der Waals surface area contributed by atoms with Gasteiger partial charge in [0, 0.05) is 7.05 Å². The molecule has 1 aromatic heterocycles. The average Bonchev–Trinajstić information content (AvgIpc) is 2.50. The quantitative estimate of drug-likeness (QED) is 0.632. The summed E-state index contributed by atoms with van der Waals surface area (Å²) in [5.74, 6) is 6.60. The minimum absolute atomic E-state index is 0.157. The number of thioether (sulfide) groups is 1. The van der Waals surface area contributed by atoms with Gasteiger partial charge in [-0.1, -0.05) is 0 Å². The van der Waals surface area contributed by atoms with Crippen LogP contribution >= 0.6 is 27.7 Å². The standard InChI is InChI=1S/C8H15BrN4S/c1-13-8(6(9)5-11-13)7(12-10)3-4-14-2/h5,7,12H,3-4,10H2,1-2H3. The zero-order valence-electron chi connectivity index (χ0n) is 8.33. The normalized spacial score (nSPS) is 13.1. The summed E-state index contributed by atoms with van der Waals surface area (Å²) in [6.07, 6.45) is 4.88. The summed E-state index contributed by atoms with van der Waals surface area (Å²) < 4.78 is 2.85. The molecular formula is C8H15BrN4S. The number of hydrogen-bond acceptors (Lipinski definition) is 4. The third-order valence-electron chi connectivity index (χ3n) is 2.08. The van der Waals surface area contributed by atoms with E-state index in [9.17, 15) is 0 Å². The second-order valence-electron chi connectivity index (χ2n) is 3.00. The van der Waals surface area contributed by atoms with Crippen LogP contribution in [-0.4, -0.2) is 21.8 Å². The number of hydrogen-bond donors (Lipinski definition) is 2. The number of aromatic nitrogens is 2. The summed E-state index contributed by atoms with van der Waals surface area (Å²) in [6, 6.07) is 0.157. The second-order valence-corrected chi connectivity index (χ2v) is 4.84. The van der Waals surface area contributed by atoms with Crippen molar-refractivity contribution in [3.63, 3.8) is 0 Å². The molecule has 0 spiro atoms. The van der Waals surface area contributed by atoms with E-state index in [0.29, 0.717) is 0 Å². The van der Waals surface area contributed by atoms with Crippen LogP contribution in [0.15, 0.2) is 10.7 Å². The summed E-state index contributed by atoms with van der Waals surface area (Å²) >= 11 is 5.28. The van der Waals surface area contributed by atoms with Gasteiger partial charge in [-0.2, -0.15) is 16.9 Å². The lowest BCUT2D eigenvalue weighted by Crippen LogP contribution is -2.30. The first-order valence-corrected chi connectivity index (χ1v) is 6.51. The van der Waals surface area contributed by atoms with E-state index >= 15 is 0 Å². The van der Waals surface area contributed by atoms with Gasteiger partial charge in [-0.15, -0.1) is 0 Å². The minimum Gasteiger partial charge on any atom is -0.271 e. The molecule has 14 heavy (non-hydrogen) atoms. The molecule has 0 saturated carbocycles. The van der Waals surface area contributed by atoms with Crippen molar-refractivity contribution in [2.24, 2.45) is 12.9 Å². The number of rotatable bonds is 5. The molecule has 6 heteroatoms. The van der Waals surface area contributed by atoms with Gasteiger partial charge >= 0.3 is 0 Å². The monoisotopic (exact) mass is 278 g/mol. The molecule has 0 radical (unpaired) electrons. The van der Waals surface area contributed by atoms with Crippen molar-refractivity contribution in [3.8, 4) is 0 Å². The molecule has 1 atom stereocenters. The molecule has 4 nitrogen and oxygen atoms in total. The van der Waals surface area contributed by atoms with Crippen LogP contribution in [0.3, 0.4) is 0 Å². The van der Waals surface area contributed by atoms with Crippen LogP contribution in [0, 0.1) is 0 Å². The van der Waals surface area contributed by atoms with Crippen molar-refractivity contribution in [2.45, 2.75) is 12.5 Å². The Morgan fingerprint density at radius 2 is 2.50 bits per heavy atom. The largest absolute Gasteiger partial charge is 0.271 e. The fourth-order valence-corrected chi connectivity index (χ4v) is 2.44. The third kappa shape index (κ3) is 2.73. The summed E-state index contributed by atoms with van der Waals surface area (Å²) in [5, 5.41) is 4.16. The van der Waals surface area contributed by atoms with Gasteiger partial charge in [0.15, 0.2) is 0 Å². The fourth-order valence-electron chi connectivity index (χ4n) is 1.35. The molecule has 0 bridgehead atoms. The van der Waals surface area contributed by atoms with Gasteiger partial charge < -0.3 is 0 Å². The Kier molecular flexibility index (Phi) is 4.94. The summed E-state index contributed by atoms with van der Waals surface area (Å²) in [4.78, 5) is 0. The van der Waals surface area contributed by atoms with Crippen molar-refractivity contribution in [3.05, 3.63) is 16.4 Å². The Balaban J connectivity index is 2.77. The van der Waals surface area contributed by atoms with Gasteiger partial charge in [0.1, 0.15) is 0 Å². The molecule has 1 heterocycles. The molecule has 0 fully saturated rings. The lowest BCUT2D eigenvalue weighted by Gasteiger charge is -2.16. The second kappa shape index (κ2) is 5.75. The van der Waals surface area contributed by atoms with Crippen molar-refractivity contribution in [1.82, 2.24) is 15.2 Å². The number of hydrazine groups is 1. The van der Waals surface area contributed by atoms with Gasteiger partial charge in [0.25, 0.3) is 0 Å². The Hall–Kier alpha value is -0.0400. The fraction of sp³-hybridized carbons (Fsp3) is 0.625. The molecule has 1 aromatic rings.